The van der Waals surface area contributed by atoms with Gasteiger partial charge in [-0.3, -0.25) is 0 Å². The Morgan fingerprint density at radius 2 is 1.94 bits per heavy atom. The van der Waals surface area contributed by atoms with E-state index in [0.29, 0.717) is 5.92 Å². The van der Waals surface area contributed by atoms with Crippen molar-refractivity contribution >= 4 is 0 Å². The molecule has 3 heteroatoms. The molecule has 0 aliphatic carbocycles. The van der Waals surface area contributed by atoms with Gasteiger partial charge >= 0.3 is 0 Å². The largest absolute Gasteiger partial charge is 0.319 e. The Labute approximate surface area is 97.3 Å². The van der Waals surface area contributed by atoms with Crippen LogP contribution in [0.1, 0.15) is 24.9 Å². The van der Waals surface area contributed by atoms with Gasteiger partial charge in [-0.05, 0) is 32.6 Å². The third-order valence-corrected chi connectivity index (χ3v) is 3.01. The third kappa shape index (κ3) is 3.03. The predicted molar refractivity (Wildman–Crippen MR) is 65.9 cm³/mol. The first-order valence-corrected chi connectivity index (χ1v) is 5.80. The van der Waals surface area contributed by atoms with Gasteiger partial charge in [0, 0.05) is 11.6 Å². The molecule has 90 valence electrons. The highest BCUT2D eigenvalue weighted by Crippen LogP contribution is 2.25. The van der Waals surface area contributed by atoms with E-state index in [1.165, 1.54) is 6.07 Å². The lowest BCUT2D eigenvalue weighted by atomic mass is 9.90. The highest BCUT2D eigenvalue weighted by molar-refractivity contribution is 5.22. The number of hydrogen-bond acceptors (Lipinski definition) is 2. The highest BCUT2D eigenvalue weighted by atomic mass is 19.1. The Hall–Kier alpha value is -0.930. The zero-order valence-corrected chi connectivity index (χ0v) is 10.3. The van der Waals surface area contributed by atoms with Crippen LogP contribution >= 0.6 is 0 Å². The average molecular weight is 224 g/mol. The van der Waals surface area contributed by atoms with Crippen molar-refractivity contribution in [2.45, 2.75) is 19.4 Å². The van der Waals surface area contributed by atoms with Crippen molar-refractivity contribution in [3.63, 3.8) is 0 Å². The second-order valence-corrected chi connectivity index (χ2v) is 4.01. The summed E-state index contributed by atoms with van der Waals surface area (Å²) in [5.41, 5.74) is 0.757. The predicted octanol–water partition coefficient (Wildman–Crippen LogP) is 2.33. The molecule has 0 aliphatic heterocycles. The first kappa shape index (κ1) is 13.1. The van der Waals surface area contributed by atoms with Crippen LogP contribution in [0.4, 0.5) is 4.39 Å². The molecule has 1 aromatic rings. The Morgan fingerprint density at radius 3 is 2.44 bits per heavy atom. The molecule has 0 aromatic heterocycles. The lowest BCUT2D eigenvalue weighted by molar-refractivity contribution is 0.350. The van der Waals surface area contributed by atoms with Crippen molar-refractivity contribution in [3.05, 3.63) is 35.6 Å². The van der Waals surface area contributed by atoms with E-state index in [1.54, 1.807) is 6.07 Å². The molecular weight excluding hydrogens is 203 g/mol. The van der Waals surface area contributed by atoms with E-state index in [4.69, 9.17) is 0 Å². The molecule has 0 saturated carbocycles. The molecule has 0 fully saturated rings. The summed E-state index contributed by atoms with van der Waals surface area (Å²) >= 11 is 0. The third-order valence-electron chi connectivity index (χ3n) is 3.01. The van der Waals surface area contributed by atoms with Crippen LogP contribution in [-0.4, -0.2) is 20.6 Å². The fraction of sp³-hybridized carbons (Fsp3) is 0.538. The summed E-state index contributed by atoms with van der Waals surface area (Å²) in [5.74, 6) is 0.267. The molecule has 2 atom stereocenters. The first-order valence-electron chi connectivity index (χ1n) is 5.80. The van der Waals surface area contributed by atoms with Crippen LogP contribution < -0.4 is 10.6 Å². The van der Waals surface area contributed by atoms with Gasteiger partial charge in [-0.2, -0.15) is 0 Å². The smallest absolute Gasteiger partial charge is 0.127 e. The molecule has 0 bridgehead atoms. The Morgan fingerprint density at radius 1 is 1.25 bits per heavy atom. The quantitative estimate of drug-likeness (QED) is 0.775. The summed E-state index contributed by atoms with van der Waals surface area (Å²) in [6.07, 6.45) is 1.01. The van der Waals surface area contributed by atoms with Crippen molar-refractivity contribution < 1.29 is 4.39 Å². The van der Waals surface area contributed by atoms with Crippen LogP contribution in [0.25, 0.3) is 0 Å². The molecule has 0 amide bonds. The number of halogens is 1. The molecule has 0 heterocycles. The van der Waals surface area contributed by atoms with Gasteiger partial charge in [0.1, 0.15) is 5.82 Å². The molecule has 2 nitrogen and oxygen atoms in total. The molecule has 2 unspecified atom stereocenters. The van der Waals surface area contributed by atoms with Gasteiger partial charge in [0.2, 0.25) is 0 Å². The van der Waals surface area contributed by atoms with Crippen molar-refractivity contribution in [1.29, 1.82) is 0 Å². The highest BCUT2D eigenvalue weighted by Gasteiger charge is 2.21. The zero-order valence-electron chi connectivity index (χ0n) is 10.3. The van der Waals surface area contributed by atoms with Crippen molar-refractivity contribution in [1.82, 2.24) is 10.6 Å². The summed E-state index contributed by atoms with van der Waals surface area (Å²) in [7, 11) is 3.81. The lowest BCUT2D eigenvalue weighted by Gasteiger charge is -2.26. The van der Waals surface area contributed by atoms with Crippen LogP contribution in [0, 0.1) is 11.7 Å². The summed E-state index contributed by atoms with van der Waals surface area (Å²) in [4.78, 5) is 0. The number of benzene rings is 1. The van der Waals surface area contributed by atoms with E-state index in [-0.39, 0.29) is 11.9 Å². The van der Waals surface area contributed by atoms with E-state index in [1.807, 2.05) is 26.2 Å². The maximum absolute atomic E-state index is 13.7. The standard InChI is InChI=1S/C13H21FN2/c1-4-10(9-15-2)13(16-3)11-7-5-6-8-12(11)14/h5-8,10,13,15-16H,4,9H2,1-3H3. The average Bonchev–Trinajstić information content (AvgIpc) is 2.31. The molecule has 0 radical (unpaired) electrons. The minimum absolute atomic E-state index is 0.0682. The maximum atomic E-state index is 13.7. The summed E-state index contributed by atoms with van der Waals surface area (Å²) in [6, 6.07) is 7.05. The van der Waals surface area contributed by atoms with E-state index < -0.39 is 0 Å². The minimum Gasteiger partial charge on any atom is -0.319 e. The second-order valence-electron chi connectivity index (χ2n) is 4.01. The van der Waals surface area contributed by atoms with E-state index in [2.05, 4.69) is 17.6 Å². The van der Waals surface area contributed by atoms with E-state index >= 15 is 0 Å². The Kier molecular flexibility index (Phi) is 5.43. The van der Waals surface area contributed by atoms with Gasteiger partial charge in [0.15, 0.2) is 0 Å². The van der Waals surface area contributed by atoms with Crippen LogP contribution in [0.15, 0.2) is 24.3 Å². The van der Waals surface area contributed by atoms with Crippen molar-refractivity contribution in [3.8, 4) is 0 Å². The van der Waals surface area contributed by atoms with Gasteiger partial charge in [0.05, 0.1) is 0 Å². The fourth-order valence-corrected chi connectivity index (χ4v) is 2.13. The zero-order chi connectivity index (χ0) is 12.0. The van der Waals surface area contributed by atoms with Gasteiger partial charge in [-0.15, -0.1) is 0 Å². The van der Waals surface area contributed by atoms with Crippen LogP contribution in [0.5, 0.6) is 0 Å². The molecule has 1 rings (SSSR count). The molecule has 0 spiro atoms. The number of nitrogens with one attached hydrogen (secondary N) is 2. The molecule has 1 aromatic carbocycles. The number of hydrogen-bond donors (Lipinski definition) is 2. The molecule has 0 saturated heterocycles. The van der Waals surface area contributed by atoms with Crippen LogP contribution in [-0.2, 0) is 0 Å². The van der Waals surface area contributed by atoms with Crippen molar-refractivity contribution in [2.75, 3.05) is 20.6 Å². The molecule has 0 aliphatic rings. The van der Waals surface area contributed by atoms with Crippen LogP contribution in [0.3, 0.4) is 0 Å². The van der Waals surface area contributed by atoms with E-state index in [9.17, 15) is 4.39 Å². The Balaban J connectivity index is 2.92. The molecule has 2 N–H and O–H groups in total. The topological polar surface area (TPSA) is 24.1 Å². The van der Waals surface area contributed by atoms with Gasteiger partial charge in [-0.25, -0.2) is 4.39 Å². The van der Waals surface area contributed by atoms with E-state index in [0.717, 1.165) is 18.5 Å². The van der Waals surface area contributed by atoms with Gasteiger partial charge in [-0.1, -0.05) is 31.5 Å². The van der Waals surface area contributed by atoms with Gasteiger partial charge < -0.3 is 10.6 Å². The monoisotopic (exact) mass is 224 g/mol. The van der Waals surface area contributed by atoms with Crippen LogP contribution in [0.2, 0.25) is 0 Å². The summed E-state index contributed by atoms with van der Waals surface area (Å²) in [6.45, 7) is 3.02. The molecule has 16 heavy (non-hydrogen) atoms. The summed E-state index contributed by atoms with van der Waals surface area (Å²) in [5, 5.41) is 6.38. The normalized spacial score (nSPS) is 14.8. The van der Waals surface area contributed by atoms with Gasteiger partial charge in [0.25, 0.3) is 0 Å². The second kappa shape index (κ2) is 6.61. The minimum atomic E-state index is -0.128. The summed E-state index contributed by atoms with van der Waals surface area (Å²) < 4.78 is 13.7. The molecular formula is C13H21FN2. The van der Waals surface area contributed by atoms with Crippen molar-refractivity contribution in [2.24, 2.45) is 5.92 Å². The lowest BCUT2D eigenvalue weighted by Crippen LogP contribution is -2.32. The Bertz CT molecular complexity index is 315. The maximum Gasteiger partial charge on any atom is 0.127 e. The fourth-order valence-electron chi connectivity index (χ4n) is 2.13. The number of rotatable bonds is 6. The SMILES string of the molecule is CCC(CNC)C(NC)c1ccccc1F. The first-order chi connectivity index (χ1) is 7.74.